The van der Waals surface area contributed by atoms with E-state index < -0.39 is 5.97 Å². The highest BCUT2D eigenvalue weighted by atomic mass is 35.5. The van der Waals surface area contributed by atoms with Crippen molar-refractivity contribution in [3.8, 4) is 0 Å². The first-order valence-electron chi connectivity index (χ1n) is 9.62. The van der Waals surface area contributed by atoms with Gasteiger partial charge in [0.25, 0.3) is 0 Å². The molecule has 1 aromatic carbocycles. The Morgan fingerprint density at radius 1 is 1.29 bits per heavy atom. The number of carboxylic acids is 1. The number of nitrogens with zero attached hydrogens (tertiary/aromatic N) is 2. The highest BCUT2D eigenvalue weighted by Gasteiger charge is 2.29. The van der Waals surface area contributed by atoms with Crippen LogP contribution in [-0.4, -0.2) is 71.6 Å². The lowest BCUT2D eigenvalue weighted by Gasteiger charge is -2.39. The molecule has 0 bridgehead atoms. The van der Waals surface area contributed by atoms with Crippen molar-refractivity contribution in [2.75, 3.05) is 32.7 Å². The van der Waals surface area contributed by atoms with E-state index in [2.05, 4.69) is 10.2 Å². The predicted octanol–water partition coefficient (Wildman–Crippen LogP) is 2.17. The molecule has 0 radical (unpaired) electrons. The quantitative estimate of drug-likeness (QED) is 0.646. The molecule has 1 saturated heterocycles. The van der Waals surface area contributed by atoms with Crippen LogP contribution in [0.5, 0.6) is 0 Å². The van der Waals surface area contributed by atoms with Crippen LogP contribution in [0.4, 0.5) is 4.39 Å². The van der Waals surface area contributed by atoms with Gasteiger partial charge in [0.15, 0.2) is 0 Å². The number of rotatable bonds is 9. The van der Waals surface area contributed by atoms with E-state index in [1.54, 1.807) is 12.1 Å². The molecule has 6 nitrogen and oxygen atoms in total. The molecule has 1 aliphatic rings. The molecule has 1 aromatic rings. The molecular formula is C20H31ClFN3O3. The first-order valence-corrected chi connectivity index (χ1v) is 9.62. The first kappa shape index (κ1) is 24.3. The zero-order chi connectivity index (χ0) is 19.8. The second-order valence-electron chi connectivity index (χ2n) is 7.07. The Kier molecular flexibility index (Phi) is 10.4. The van der Waals surface area contributed by atoms with Crippen molar-refractivity contribution in [3.63, 3.8) is 0 Å². The van der Waals surface area contributed by atoms with E-state index >= 15 is 0 Å². The van der Waals surface area contributed by atoms with Crippen molar-refractivity contribution in [3.05, 3.63) is 35.6 Å². The van der Waals surface area contributed by atoms with Crippen LogP contribution in [0.25, 0.3) is 0 Å². The summed E-state index contributed by atoms with van der Waals surface area (Å²) in [5.74, 6) is -1.06. The highest BCUT2D eigenvalue weighted by molar-refractivity contribution is 5.85. The lowest BCUT2D eigenvalue weighted by atomic mass is 10.0. The van der Waals surface area contributed by atoms with Gasteiger partial charge in [-0.15, -0.1) is 12.4 Å². The molecule has 28 heavy (non-hydrogen) atoms. The Bertz CT molecular complexity index is 622. The summed E-state index contributed by atoms with van der Waals surface area (Å²) in [7, 11) is 0. The zero-order valence-electron chi connectivity index (χ0n) is 16.6. The van der Waals surface area contributed by atoms with Crippen LogP contribution >= 0.6 is 12.4 Å². The zero-order valence-corrected chi connectivity index (χ0v) is 17.4. The Balaban J connectivity index is 0.00000392. The summed E-state index contributed by atoms with van der Waals surface area (Å²) in [6.45, 7) is 6.76. The number of likely N-dealkylation sites (N-methyl/N-ethyl adjacent to an activating group) is 1. The lowest BCUT2D eigenvalue weighted by molar-refractivity contribution is -0.139. The number of hydrogen-bond donors (Lipinski definition) is 2. The molecule has 1 amide bonds. The largest absolute Gasteiger partial charge is 0.480 e. The van der Waals surface area contributed by atoms with Gasteiger partial charge in [-0.05, 0) is 50.4 Å². The van der Waals surface area contributed by atoms with Gasteiger partial charge in [0.05, 0.1) is 12.6 Å². The first-order chi connectivity index (χ1) is 12.9. The van der Waals surface area contributed by atoms with E-state index in [9.17, 15) is 14.0 Å². The topological polar surface area (TPSA) is 72.9 Å². The van der Waals surface area contributed by atoms with E-state index in [0.717, 1.165) is 38.0 Å². The number of hydrogen-bond acceptors (Lipinski definition) is 4. The van der Waals surface area contributed by atoms with Crippen LogP contribution in [0, 0.1) is 5.82 Å². The Labute approximate surface area is 172 Å². The third-order valence-corrected chi connectivity index (χ3v) is 5.31. The molecule has 0 aromatic heterocycles. The van der Waals surface area contributed by atoms with E-state index in [4.69, 9.17) is 5.11 Å². The molecule has 2 N–H and O–H groups in total. The van der Waals surface area contributed by atoms with Gasteiger partial charge in [0.1, 0.15) is 5.82 Å². The molecule has 158 valence electrons. The van der Waals surface area contributed by atoms with Crippen LogP contribution in [0.15, 0.2) is 24.3 Å². The van der Waals surface area contributed by atoms with Gasteiger partial charge in [-0.2, -0.15) is 0 Å². The minimum absolute atomic E-state index is 0. The predicted molar refractivity (Wildman–Crippen MR) is 109 cm³/mol. The SMILES string of the molecule is CCN(CC(=O)O)C1CCN(C(C)C(=O)NCCc2ccc(F)cc2)CC1.Cl. The molecular weight excluding hydrogens is 385 g/mol. The van der Waals surface area contributed by atoms with Crippen molar-refractivity contribution in [2.24, 2.45) is 0 Å². The third kappa shape index (κ3) is 7.37. The summed E-state index contributed by atoms with van der Waals surface area (Å²) in [5.41, 5.74) is 0.989. The number of benzene rings is 1. The maximum absolute atomic E-state index is 12.9. The van der Waals surface area contributed by atoms with Crippen LogP contribution in [-0.2, 0) is 16.0 Å². The fraction of sp³-hybridized carbons (Fsp3) is 0.600. The highest BCUT2D eigenvalue weighted by Crippen LogP contribution is 2.18. The number of carbonyl (C=O) groups is 2. The van der Waals surface area contributed by atoms with Crippen molar-refractivity contribution in [2.45, 2.75) is 45.2 Å². The molecule has 1 heterocycles. The normalized spacial score (nSPS) is 16.4. The van der Waals surface area contributed by atoms with E-state index in [-0.39, 0.29) is 42.8 Å². The number of halogens is 2. The minimum atomic E-state index is -0.798. The standard InChI is InChI=1S/C20H30FN3O3.ClH/c1-3-23(14-19(25)26)18-9-12-24(13-10-18)15(2)20(27)22-11-8-16-4-6-17(21)7-5-16;/h4-7,15,18H,3,8-14H2,1-2H3,(H,22,27)(H,25,26);1H. The molecule has 0 aliphatic carbocycles. The van der Waals surface area contributed by atoms with Crippen LogP contribution in [0.3, 0.4) is 0 Å². The van der Waals surface area contributed by atoms with Crippen molar-refractivity contribution in [1.29, 1.82) is 0 Å². The Morgan fingerprint density at radius 3 is 2.43 bits per heavy atom. The molecule has 2 rings (SSSR count). The van der Waals surface area contributed by atoms with Gasteiger partial charge in [0, 0.05) is 25.7 Å². The summed E-state index contributed by atoms with van der Waals surface area (Å²) in [6.07, 6.45) is 2.41. The molecule has 1 aliphatic heterocycles. The fourth-order valence-corrected chi connectivity index (χ4v) is 3.61. The second kappa shape index (κ2) is 12.0. The van der Waals surface area contributed by atoms with Crippen molar-refractivity contribution >= 4 is 24.3 Å². The minimum Gasteiger partial charge on any atom is -0.480 e. The van der Waals surface area contributed by atoms with Crippen LogP contribution in [0.2, 0.25) is 0 Å². The van der Waals surface area contributed by atoms with Gasteiger partial charge in [0.2, 0.25) is 5.91 Å². The molecule has 1 fully saturated rings. The number of carbonyl (C=O) groups excluding carboxylic acids is 1. The Hall–Kier alpha value is -1.70. The van der Waals surface area contributed by atoms with E-state index in [1.165, 1.54) is 12.1 Å². The number of amides is 1. The summed E-state index contributed by atoms with van der Waals surface area (Å²) in [6, 6.07) is 6.35. The number of piperidine rings is 1. The lowest BCUT2D eigenvalue weighted by Crippen LogP contribution is -2.52. The van der Waals surface area contributed by atoms with E-state index in [1.807, 2.05) is 18.7 Å². The third-order valence-electron chi connectivity index (χ3n) is 5.31. The van der Waals surface area contributed by atoms with Gasteiger partial charge in [-0.3, -0.25) is 19.4 Å². The number of likely N-dealkylation sites (tertiary alicyclic amines) is 1. The average molecular weight is 416 g/mol. The smallest absolute Gasteiger partial charge is 0.317 e. The van der Waals surface area contributed by atoms with Gasteiger partial charge in [-0.1, -0.05) is 19.1 Å². The molecule has 1 unspecified atom stereocenters. The number of nitrogens with one attached hydrogen (secondary N) is 1. The molecule has 0 saturated carbocycles. The molecule has 1 atom stereocenters. The van der Waals surface area contributed by atoms with Crippen molar-refractivity contribution in [1.82, 2.24) is 15.1 Å². The van der Waals surface area contributed by atoms with Gasteiger partial charge in [-0.25, -0.2) is 4.39 Å². The fourth-order valence-electron chi connectivity index (χ4n) is 3.61. The average Bonchev–Trinajstić information content (AvgIpc) is 2.67. The Morgan fingerprint density at radius 2 is 1.89 bits per heavy atom. The number of aliphatic carboxylic acids is 1. The monoisotopic (exact) mass is 415 g/mol. The van der Waals surface area contributed by atoms with Gasteiger partial charge < -0.3 is 10.4 Å². The summed E-state index contributed by atoms with van der Waals surface area (Å²) < 4.78 is 12.9. The maximum atomic E-state index is 12.9. The molecule has 8 heteroatoms. The maximum Gasteiger partial charge on any atom is 0.317 e. The summed E-state index contributed by atoms with van der Waals surface area (Å²) in [5, 5.41) is 12.0. The summed E-state index contributed by atoms with van der Waals surface area (Å²) >= 11 is 0. The summed E-state index contributed by atoms with van der Waals surface area (Å²) in [4.78, 5) is 27.5. The number of carboxylic acid groups (broad SMARTS) is 1. The molecule has 0 spiro atoms. The van der Waals surface area contributed by atoms with Gasteiger partial charge >= 0.3 is 5.97 Å². The van der Waals surface area contributed by atoms with Crippen molar-refractivity contribution < 1.29 is 19.1 Å². The van der Waals surface area contributed by atoms with Crippen LogP contribution < -0.4 is 5.32 Å². The van der Waals surface area contributed by atoms with Crippen LogP contribution in [0.1, 0.15) is 32.3 Å². The van der Waals surface area contributed by atoms with E-state index in [0.29, 0.717) is 13.0 Å². The second-order valence-corrected chi connectivity index (χ2v) is 7.07.